The number of likely N-dealkylation sites (N-methyl/N-ethyl adjacent to an activating group) is 1. The summed E-state index contributed by atoms with van der Waals surface area (Å²) in [5.74, 6) is -0.861. The second kappa shape index (κ2) is 6.46. The Bertz CT molecular complexity index is 867. The highest BCUT2D eigenvalue weighted by Crippen LogP contribution is 2.41. The van der Waals surface area contributed by atoms with Crippen molar-refractivity contribution in [1.29, 1.82) is 0 Å². The van der Waals surface area contributed by atoms with Crippen LogP contribution in [0.5, 0.6) is 0 Å². The number of carbonyl (C=O) groups excluding carboxylic acids is 2. The lowest BCUT2D eigenvalue weighted by Gasteiger charge is -2.38. The first-order chi connectivity index (χ1) is 12.1. The number of carbonyl (C=O) groups is 2. The van der Waals surface area contributed by atoms with Crippen molar-refractivity contribution < 1.29 is 22.8 Å². The van der Waals surface area contributed by atoms with E-state index < -0.39 is 29.0 Å². The number of imide groups is 1. The Morgan fingerprint density at radius 2 is 1.73 bits per heavy atom. The van der Waals surface area contributed by atoms with Gasteiger partial charge < -0.3 is 0 Å². The minimum Gasteiger partial charge on any atom is -0.281 e. The van der Waals surface area contributed by atoms with E-state index in [1.807, 2.05) is 30.3 Å². The number of thioether (sulfide) groups is 1. The predicted octanol–water partition coefficient (Wildman–Crippen LogP) is 4.37. The minimum absolute atomic E-state index is 0.129. The van der Waals surface area contributed by atoms with Crippen LogP contribution in [0.15, 0.2) is 53.4 Å². The van der Waals surface area contributed by atoms with Crippen molar-refractivity contribution >= 4 is 23.6 Å². The van der Waals surface area contributed by atoms with Crippen molar-refractivity contribution in [3.8, 4) is 0 Å². The molecular weight excluding hydrogens is 363 g/mol. The summed E-state index contributed by atoms with van der Waals surface area (Å²) in [6.45, 7) is 1.59. The van der Waals surface area contributed by atoms with Crippen LogP contribution in [0.2, 0.25) is 0 Å². The molecule has 1 aliphatic rings. The molecule has 1 aliphatic heterocycles. The van der Waals surface area contributed by atoms with E-state index in [1.54, 1.807) is 6.92 Å². The zero-order chi connectivity index (χ0) is 19.1. The van der Waals surface area contributed by atoms with Crippen molar-refractivity contribution in [3.63, 3.8) is 0 Å². The molecule has 0 saturated heterocycles. The van der Waals surface area contributed by atoms with Gasteiger partial charge in [0.25, 0.3) is 5.91 Å². The molecule has 7 heteroatoms. The highest BCUT2D eigenvalue weighted by atomic mass is 32.2. The maximum Gasteiger partial charge on any atom is 0.416 e. The molecule has 0 radical (unpaired) electrons. The van der Waals surface area contributed by atoms with Crippen molar-refractivity contribution in [3.05, 3.63) is 65.2 Å². The van der Waals surface area contributed by atoms with E-state index in [2.05, 4.69) is 0 Å². The van der Waals surface area contributed by atoms with Crippen LogP contribution >= 0.6 is 11.8 Å². The fourth-order valence-corrected chi connectivity index (χ4v) is 4.09. The molecule has 3 nitrogen and oxygen atoms in total. The number of hydrogen-bond acceptors (Lipinski definition) is 3. The van der Waals surface area contributed by atoms with Gasteiger partial charge in [0.2, 0.25) is 5.91 Å². The van der Waals surface area contributed by atoms with Crippen molar-refractivity contribution in [2.45, 2.75) is 23.4 Å². The molecule has 0 N–H and O–H groups in total. The molecule has 136 valence electrons. The maximum atomic E-state index is 13.1. The number of halogens is 3. The Balaban J connectivity index is 2.07. The number of rotatable bonds is 3. The van der Waals surface area contributed by atoms with Gasteiger partial charge in [-0.05, 0) is 42.8 Å². The Kier molecular flexibility index (Phi) is 4.60. The molecule has 2 aromatic carbocycles. The van der Waals surface area contributed by atoms with E-state index in [1.165, 1.54) is 18.8 Å². The molecule has 0 spiro atoms. The highest BCUT2D eigenvalue weighted by molar-refractivity contribution is 7.99. The molecule has 26 heavy (non-hydrogen) atoms. The van der Waals surface area contributed by atoms with Crippen LogP contribution in [0.25, 0.3) is 0 Å². The van der Waals surface area contributed by atoms with Crippen LogP contribution in [0.4, 0.5) is 13.2 Å². The smallest absolute Gasteiger partial charge is 0.281 e. The van der Waals surface area contributed by atoms with Crippen LogP contribution < -0.4 is 0 Å². The van der Waals surface area contributed by atoms with Crippen molar-refractivity contribution in [2.24, 2.45) is 0 Å². The van der Waals surface area contributed by atoms with Gasteiger partial charge in [-0.1, -0.05) is 18.2 Å². The lowest BCUT2D eigenvalue weighted by atomic mass is 9.76. The summed E-state index contributed by atoms with van der Waals surface area (Å²) in [6.07, 6.45) is -4.54. The van der Waals surface area contributed by atoms with Crippen LogP contribution in [0, 0.1) is 0 Å². The van der Waals surface area contributed by atoms with Gasteiger partial charge in [0.05, 0.1) is 11.0 Å². The monoisotopic (exact) mass is 379 g/mol. The SMILES string of the molecule is CN1C(=O)c2ccc(C(F)(F)F)cc2C(C)(CSc2ccccc2)C1=O. The largest absolute Gasteiger partial charge is 0.416 e. The van der Waals surface area contributed by atoms with E-state index in [9.17, 15) is 22.8 Å². The Hall–Kier alpha value is -2.28. The topological polar surface area (TPSA) is 37.4 Å². The molecule has 0 saturated carbocycles. The van der Waals surface area contributed by atoms with E-state index in [0.717, 1.165) is 28.0 Å². The van der Waals surface area contributed by atoms with Gasteiger partial charge in [-0.3, -0.25) is 14.5 Å². The zero-order valence-corrected chi connectivity index (χ0v) is 14.9. The number of fused-ring (bicyclic) bond motifs is 1. The highest BCUT2D eigenvalue weighted by Gasteiger charge is 2.47. The lowest BCUT2D eigenvalue weighted by Crippen LogP contribution is -2.52. The third kappa shape index (κ3) is 3.11. The van der Waals surface area contributed by atoms with Gasteiger partial charge in [0, 0.05) is 23.3 Å². The van der Waals surface area contributed by atoms with Crippen molar-refractivity contribution in [2.75, 3.05) is 12.8 Å². The zero-order valence-electron chi connectivity index (χ0n) is 14.1. The van der Waals surface area contributed by atoms with Gasteiger partial charge in [0.1, 0.15) is 0 Å². The van der Waals surface area contributed by atoms with E-state index in [4.69, 9.17) is 0 Å². The normalized spacial score (nSPS) is 20.3. The minimum atomic E-state index is -4.54. The first kappa shape index (κ1) is 18.5. The van der Waals surface area contributed by atoms with Gasteiger partial charge in [-0.25, -0.2) is 0 Å². The molecule has 1 atom stereocenters. The molecule has 2 amide bonds. The summed E-state index contributed by atoms with van der Waals surface area (Å²) in [4.78, 5) is 27.1. The van der Waals surface area contributed by atoms with Gasteiger partial charge in [-0.2, -0.15) is 13.2 Å². The molecule has 0 aliphatic carbocycles. The standard InChI is InChI=1S/C19H16F3NO2S/c1-18(11-26-13-6-4-3-5-7-13)15-10-12(19(20,21)22)8-9-14(15)16(24)23(2)17(18)25/h3-10H,11H2,1-2H3. The number of amides is 2. The Labute approximate surface area is 153 Å². The quantitative estimate of drug-likeness (QED) is 0.587. The summed E-state index contributed by atoms with van der Waals surface area (Å²) in [7, 11) is 1.36. The van der Waals surface area contributed by atoms with E-state index in [-0.39, 0.29) is 16.9 Å². The molecule has 3 rings (SSSR count). The third-order valence-electron chi connectivity index (χ3n) is 4.52. The van der Waals surface area contributed by atoms with Gasteiger partial charge >= 0.3 is 6.18 Å². The van der Waals surface area contributed by atoms with Gasteiger partial charge in [-0.15, -0.1) is 11.8 Å². The van der Waals surface area contributed by atoms with E-state index in [0.29, 0.717) is 0 Å². The number of alkyl halides is 3. The number of nitrogens with zero attached hydrogens (tertiary/aromatic N) is 1. The predicted molar refractivity (Wildman–Crippen MR) is 93.1 cm³/mol. The first-order valence-corrected chi connectivity index (χ1v) is 8.85. The van der Waals surface area contributed by atoms with Crippen LogP contribution in [0.1, 0.15) is 28.4 Å². The summed E-state index contributed by atoms with van der Waals surface area (Å²) in [6, 6.07) is 12.3. The first-order valence-electron chi connectivity index (χ1n) is 7.86. The molecule has 0 bridgehead atoms. The Morgan fingerprint density at radius 1 is 1.08 bits per heavy atom. The summed E-state index contributed by atoms with van der Waals surface area (Å²) in [5, 5.41) is 0. The molecule has 1 heterocycles. The molecule has 0 fully saturated rings. The van der Waals surface area contributed by atoms with Crippen LogP contribution in [-0.2, 0) is 16.4 Å². The number of benzene rings is 2. The average Bonchev–Trinajstić information content (AvgIpc) is 2.63. The van der Waals surface area contributed by atoms with Crippen LogP contribution in [0.3, 0.4) is 0 Å². The van der Waals surface area contributed by atoms with Gasteiger partial charge in [0.15, 0.2) is 0 Å². The second-order valence-corrected chi connectivity index (χ2v) is 7.41. The fourth-order valence-electron chi connectivity index (χ4n) is 3.01. The maximum absolute atomic E-state index is 13.1. The number of hydrogen-bond donors (Lipinski definition) is 0. The lowest BCUT2D eigenvalue weighted by molar-refractivity contribution is -0.138. The second-order valence-electron chi connectivity index (χ2n) is 6.36. The molecule has 2 aromatic rings. The molecular formula is C19H16F3NO2S. The Morgan fingerprint density at radius 3 is 2.35 bits per heavy atom. The van der Waals surface area contributed by atoms with Crippen LogP contribution in [-0.4, -0.2) is 29.5 Å². The molecule has 1 unspecified atom stereocenters. The molecule has 0 aromatic heterocycles. The summed E-state index contributed by atoms with van der Waals surface area (Å²) >= 11 is 1.37. The van der Waals surface area contributed by atoms with E-state index >= 15 is 0 Å². The fraction of sp³-hybridized carbons (Fsp3) is 0.263. The average molecular weight is 379 g/mol. The summed E-state index contributed by atoms with van der Waals surface area (Å²) in [5.41, 5.74) is -1.84. The third-order valence-corrected chi connectivity index (χ3v) is 5.85. The van der Waals surface area contributed by atoms with Crippen molar-refractivity contribution in [1.82, 2.24) is 4.90 Å². The summed E-state index contributed by atoms with van der Waals surface area (Å²) < 4.78 is 39.4.